The number of rotatable bonds is 5. The Morgan fingerprint density at radius 2 is 2.00 bits per heavy atom. The summed E-state index contributed by atoms with van der Waals surface area (Å²) >= 11 is 0. The Labute approximate surface area is 163 Å². The van der Waals surface area contributed by atoms with E-state index in [2.05, 4.69) is 15.3 Å². The monoisotopic (exact) mass is 401 g/mol. The van der Waals surface area contributed by atoms with E-state index in [9.17, 15) is 13.2 Å². The molecular formula is C18H19N5O4S. The van der Waals surface area contributed by atoms with Gasteiger partial charge in [-0.15, -0.1) is 0 Å². The number of hydrogen-bond donors (Lipinski definition) is 1. The number of benzene rings is 1. The van der Waals surface area contributed by atoms with E-state index < -0.39 is 16.1 Å². The molecule has 1 aromatic heterocycles. The smallest absolute Gasteiger partial charge is 0.251 e. The number of anilines is 1. The minimum atomic E-state index is -3.71. The summed E-state index contributed by atoms with van der Waals surface area (Å²) in [6.45, 7) is 1.91. The molecule has 0 radical (unpaired) electrons. The summed E-state index contributed by atoms with van der Waals surface area (Å²) in [6.07, 6.45) is 3.66. The van der Waals surface area contributed by atoms with E-state index in [1.807, 2.05) is 6.07 Å². The zero-order valence-corrected chi connectivity index (χ0v) is 16.0. The topological polar surface area (TPSA) is 125 Å². The van der Waals surface area contributed by atoms with Gasteiger partial charge in [0, 0.05) is 31.5 Å². The maximum atomic E-state index is 12.9. The van der Waals surface area contributed by atoms with Gasteiger partial charge in [0.15, 0.2) is 0 Å². The van der Waals surface area contributed by atoms with Crippen LogP contribution in [0.25, 0.3) is 0 Å². The molecule has 1 unspecified atom stereocenters. The first-order valence-corrected chi connectivity index (χ1v) is 10.1. The van der Waals surface area contributed by atoms with Crippen molar-refractivity contribution in [3.63, 3.8) is 0 Å². The predicted molar refractivity (Wildman–Crippen MR) is 99.9 cm³/mol. The average molecular weight is 401 g/mol. The van der Waals surface area contributed by atoms with Crippen molar-refractivity contribution >= 4 is 21.6 Å². The Morgan fingerprint density at radius 1 is 1.29 bits per heavy atom. The maximum absolute atomic E-state index is 12.9. The molecule has 1 aliphatic rings. The molecule has 0 aliphatic carbocycles. The van der Waals surface area contributed by atoms with Crippen LogP contribution in [0.2, 0.25) is 0 Å². The van der Waals surface area contributed by atoms with Gasteiger partial charge in [-0.1, -0.05) is 0 Å². The van der Waals surface area contributed by atoms with Crippen LogP contribution in [0.5, 0.6) is 5.88 Å². The number of nitriles is 1. The van der Waals surface area contributed by atoms with Crippen LogP contribution in [-0.4, -0.2) is 47.8 Å². The molecule has 1 fully saturated rings. The van der Waals surface area contributed by atoms with Gasteiger partial charge in [-0.2, -0.15) is 9.57 Å². The largest absolute Gasteiger partial charge is 0.471 e. The van der Waals surface area contributed by atoms with E-state index in [1.54, 1.807) is 12.1 Å². The van der Waals surface area contributed by atoms with Gasteiger partial charge in [-0.25, -0.2) is 18.4 Å². The van der Waals surface area contributed by atoms with E-state index in [4.69, 9.17) is 10.00 Å². The molecule has 0 saturated carbocycles. The molecule has 1 saturated heterocycles. The summed E-state index contributed by atoms with van der Waals surface area (Å²) in [5.74, 6) is -0.124. The average Bonchev–Trinajstić information content (AvgIpc) is 2.68. The van der Waals surface area contributed by atoms with E-state index >= 15 is 0 Å². The lowest BCUT2D eigenvalue weighted by atomic mass is 10.1. The SMILES string of the molecule is CC(=O)Nc1ccc(S(=O)(=O)N2CCCC(Oc3nccnc3C#N)C2)cc1. The molecule has 2 aromatic rings. The van der Waals surface area contributed by atoms with Gasteiger partial charge in [-0.05, 0) is 37.1 Å². The Kier molecular flexibility index (Phi) is 5.87. The van der Waals surface area contributed by atoms with Gasteiger partial charge in [0.05, 0.1) is 11.4 Å². The van der Waals surface area contributed by atoms with Gasteiger partial charge < -0.3 is 10.1 Å². The lowest BCUT2D eigenvalue weighted by molar-refractivity contribution is -0.114. The fraction of sp³-hybridized carbons (Fsp3) is 0.333. The van der Waals surface area contributed by atoms with E-state index in [-0.39, 0.29) is 28.9 Å². The minimum absolute atomic E-state index is 0.0658. The number of ether oxygens (including phenoxy) is 1. The third kappa shape index (κ3) is 4.44. The number of amides is 1. The fourth-order valence-corrected chi connectivity index (χ4v) is 4.44. The molecule has 0 bridgehead atoms. The van der Waals surface area contributed by atoms with Crippen molar-refractivity contribution in [1.82, 2.24) is 14.3 Å². The first-order chi connectivity index (χ1) is 13.4. The maximum Gasteiger partial charge on any atom is 0.251 e. The summed E-state index contributed by atoms with van der Waals surface area (Å²) in [6, 6.07) is 7.92. The second kappa shape index (κ2) is 8.33. The molecule has 146 valence electrons. The lowest BCUT2D eigenvalue weighted by Crippen LogP contribution is -2.44. The number of carbonyl (C=O) groups is 1. The highest BCUT2D eigenvalue weighted by Gasteiger charge is 2.31. The molecule has 0 spiro atoms. The highest BCUT2D eigenvalue weighted by atomic mass is 32.2. The third-order valence-electron chi connectivity index (χ3n) is 4.20. The molecule has 1 atom stereocenters. The first kappa shape index (κ1) is 19.7. The van der Waals surface area contributed by atoms with Crippen LogP contribution in [-0.2, 0) is 14.8 Å². The molecule has 28 heavy (non-hydrogen) atoms. The molecule has 1 aliphatic heterocycles. The van der Waals surface area contributed by atoms with E-state index in [1.165, 1.54) is 35.8 Å². The summed E-state index contributed by atoms with van der Waals surface area (Å²) in [5, 5.41) is 11.7. The lowest BCUT2D eigenvalue weighted by Gasteiger charge is -2.31. The van der Waals surface area contributed by atoms with E-state index in [0.717, 1.165) is 0 Å². The molecule has 1 amide bonds. The first-order valence-electron chi connectivity index (χ1n) is 8.65. The number of carbonyl (C=O) groups excluding carboxylic acids is 1. The van der Waals surface area contributed by atoms with E-state index in [0.29, 0.717) is 25.1 Å². The molecule has 1 aromatic carbocycles. The number of piperidine rings is 1. The number of hydrogen-bond acceptors (Lipinski definition) is 7. The predicted octanol–water partition coefficient (Wildman–Crippen LogP) is 1.54. The Morgan fingerprint density at radius 3 is 2.68 bits per heavy atom. The van der Waals surface area contributed by atoms with Crippen molar-refractivity contribution in [3.05, 3.63) is 42.4 Å². The van der Waals surface area contributed by atoms with Crippen LogP contribution in [0.15, 0.2) is 41.6 Å². The highest BCUT2D eigenvalue weighted by Crippen LogP contribution is 2.24. The fourth-order valence-electron chi connectivity index (χ4n) is 2.93. The Bertz CT molecular complexity index is 1000. The van der Waals surface area contributed by atoms with Crippen LogP contribution in [0, 0.1) is 11.3 Å². The van der Waals surface area contributed by atoms with Crippen LogP contribution < -0.4 is 10.1 Å². The van der Waals surface area contributed by atoms with Crippen LogP contribution >= 0.6 is 0 Å². The summed E-state index contributed by atoms with van der Waals surface area (Å²) < 4.78 is 33.0. The number of nitrogens with zero attached hydrogens (tertiary/aromatic N) is 4. The number of nitrogens with one attached hydrogen (secondary N) is 1. The molecule has 3 rings (SSSR count). The van der Waals surface area contributed by atoms with Crippen molar-refractivity contribution < 1.29 is 17.9 Å². The van der Waals surface area contributed by atoms with Gasteiger partial charge in [-0.3, -0.25) is 4.79 Å². The summed E-state index contributed by atoms with van der Waals surface area (Å²) in [7, 11) is -3.71. The van der Waals surface area contributed by atoms with Crippen molar-refractivity contribution in [3.8, 4) is 11.9 Å². The second-order valence-corrected chi connectivity index (χ2v) is 8.21. The molecular weight excluding hydrogens is 382 g/mol. The van der Waals surface area contributed by atoms with Crippen LogP contribution in [0.4, 0.5) is 5.69 Å². The molecule has 1 N–H and O–H groups in total. The van der Waals surface area contributed by atoms with Crippen molar-refractivity contribution in [2.75, 3.05) is 18.4 Å². The summed E-state index contributed by atoms with van der Waals surface area (Å²) in [5.41, 5.74) is 0.592. The van der Waals surface area contributed by atoms with Gasteiger partial charge in [0.2, 0.25) is 21.6 Å². The van der Waals surface area contributed by atoms with Crippen molar-refractivity contribution in [1.29, 1.82) is 5.26 Å². The Hall–Kier alpha value is -3.03. The molecule has 2 heterocycles. The van der Waals surface area contributed by atoms with Crippen molar-refractivity contribution in [2.45, 2.75) is 30.8 Å². The van der Waals surface area contributed by atoms with Crippen LogP contribution in [0.1, 0.15) is 25.5 Å². The van der Waals surface area contributed by atoms with Gasteiger partial charge in [0.1, 0.15) is 12.2 Å². The molecule has 9 nitrogen and oxygen atoms in total. The summed E-state index contributed by atoms with van der Waals surface area (Å²) in [4.78, 5) is 19.1. The van der Waals surface area contributed by atoms with Gasteiger partial charge >= 0.3 is 0 Å². The standard InChI is InChI=1S/C18H19N5O4S/c1-13(24)22-14-4-6-16(7-5-14)28(25,26)23-10-2-3-15(12-23)27-18-17(11-19)20-8-9-21-18/h4-9,15H,2-3,10,12H2,1H3,(H,22,24). The Balaban J connectivity index is 1.74. The zero-order valence-electron chi connectivity index (χ0n) is 15.2. The van der Waals surface area contributed by atoms with Gasteiger partial charge in [0.25, 0.3) is 5.88 Å². The third-order valence-corrected chi connectivity index (χ3v) is 6.08. The number of aromatic nitrogens is 2. The molecule has 10 heteroatoms. The quantitative estimate of drug-likeness (QED) is 0.805. The minimum Gasteiger partial charge on any atom is -0.471 e. The number of sulfonamides is 1. The highest BCUT2D eigenvalue weighted by molar-refractivity contribution is 7.89. The zero-order chi connectivity index (χ0) is 20.1. The van der Waals surface area contributed by atoms with Crippen LogP contribution in [0.3, 0.4) is 0 Å². The van der Waals surface area contributed by atoms with Crippen molar-refractivity contribution in [2.24, 2.45) is 0 Å². The second-order valence-electron chi connectivity index (χ2n) is 6.27. The normalized spacial score (nSPS) is 17.5.